The number of nitrogens with zero attached hydrogens (tertiary/aromatic N) is 1. The second-order valence-electron chi connectivity index (χ2n) is 4.41. The number of rotatable bonds is 6. The van der Waals surface area contributed by atoms with Gasteiger partial charge in [-0.15, -0.1) is 0 Å². The van der Waals surface area contributed by atoms with Crippen LogP contribution in [0.25, 0.3) is 0 Å². The van der Waals surface area contributed by atoms with Gasteiger partial charge >= 0.3 is 7.12 Å². The van der Waals surface area contributed by atoms with E-state index < -0.39 is 12.9 Å². The van der Waals surface area contributed by atoms with Gasteiger partial charge in [0.15, 0.2) is 0 Å². The quantitative estimate of drug-likeness (QED) is 0.748. The minimum Gasteiger partial charge on any atom is -0.423 e. The van der Waals surface area contributed by atoms with Crippen LogP contribution in [0.4, 0.5) is 4.39 Å². The first-order valence-electron chi connectivity index (χ1n) is 6.46. The summed E-state index contributed by atoms with van der Waals surface area (Å²) in [5, 5.41) is 17.9. The summed E-state index contributed by atoms with van der Waals surface area (Å²) in [5.41, 5.74) is -0.00196. The SMILES string of the molecule is CCCN(CCC)C(=O)c1ccc(B(O)O)cc1F. The summed E-state index contributed by atoms with van der Waals surface area (Å²) in [4.78, 5) is 13.8. The van der Waals surface area contributed by atoms with Crippen LogP contribution in [-0.2, 0) is 0 Å². The zero-order valence-electron chi connectivity index (χ0n) is 11.3. The van der Waals surface area contributed by atoms with Gasteiger partial charge in [0, 0.05) is 13.1 Å². The lowest BCUT2D eigenvalue weighted by atomic mass is 9.80. The van der Waals surface area contributed by atoms with Crippen LogP contribution in [-0.4, -0.2) is 41.1 Å². The van der Waals surface area contributed by atoms with E-state index in [-0.39, 0.29) is 16.9 Å². The van der Waals surface area contributed by atoms with Crippen molar-refractivity contribution < 1.29 is 19.2 Å². The molecule has 2 N–H and O–H groups in total. The Morgan fingerprint density at radius 1 is 1.26 bits per heavy atom. The van der Waals surface area contributed by atoms with Crippen molar-refractivity contribution in [2.45, 2.75) is 26.7 Å². The maximum Gasteiger partial charge on any atom is 0.488 e. The lowest BCUT2D eigenvalue weighted by molar-refractivity contribution is 0.0751. The summed E-state index contributed by atoms with van der Waals surface area (Å²) in [6.07, 6.45) is 1.61. The van der Waals surface area contributed by atoms with Gasteiger partial charge in [-0.05, 0) is 30.4 Å². The molecule has 0 aromatic heterocycles. The van der Waals surface area contributed by atoms with E-state index >= 15 is 0 Å². The van der Waals surface area contributed by atoms with E-state index in [1.54, 1.807) is 4.90 Å². The molecule has 0 spiro atoms. The van der Waals surface area contributed by atoms with Crippen molar-refractivity contribution in [1.29, 1.82) is 0 Å². The van der Waals surface area contributed by atoms with Crippen LogP contribution in [0.1, 0.15) is 37.0 Å². The fraction of sp³-hybridized carbons (Fsp3) is 0.462. The highest BCUT2D eigenvalue weighted by Gasteiger charge is 2.20. The molecule has 1 rings (SSSR count). The molecule has 0 aliphatic rings. The van der Waals surface area contributed by atoms with E-state index in [1.165, 1.54) is 12.1 Å². The van der Waals surface area contributed by atoms with Gasteiger partial charge in [0.2, 0.25) is 0 Å². The molecule has 6 heteroatoms. The monoisotopic (exact) mass is 267 g/mol. The van der Waals surface area contributed by atoms with E-state index in [4.69, 9.17) is 10.0 Å². The Labute approximate surface area is 113 Å². The topological polar surface area (TPSA) is 60.8 Å². The summed E-state index contributed by atoms with van der Waals surface area (Å²) >= 11 is 0. The van der Waals surface area contributed by atoms with Crippen LogP contribution >= 0.6 is 0 Å². The number of halogens is 1. The third-order valence-electron chi connectivity index (χ3n) is 2.80. The lowest BCUT2D eigenvalue weighted by Gasteiger charge is -2.21. The van der Waals surface area contributed by atoms with E-state index in [1.807, 2.05) is 13.8 Å². The van der Waals surface area contributed by atoms with Gasteiger partial charge in [0.25, 0.3) is 5.91 Å². The van der Waals surface area contributed by atoms with Gasteiger partial charge in [-0.3, -0.25) is 4.79 Å². The highest BCUT2D eigenvalue weighted by Crippen LogP contribution is 2.10. The standard InChI is InChI=1S/C13H19BFNO3/c1-3-7-16(8-4-2)13(17)11-6-5-10(14(18)19)9-12(11)15/h5-6,9,18-19H,3-4,7-8H2,1-2H3. The Balaban J connectivity index is 2.97. The fourth-order valence-electron chi connectivity index (χ4n) is 1.89. The number of benzene rings is 1. The number of hydrogen-bond acceptors (Lipinski definition) is 3. The van der Waals surface area contributed by atoms with Crippen molar-refractivity contribution in [3.05, 3.63) is 29.6 Å². The minimum absolute atomic E-state index is 0.0339. The van der Waals surface area contributed by atoms with Crippen LogP contribution in [0, 0.1) is 5.82 Å². The minimum atomic E-state index is -1.74. The first-order chi connectivity index (χ1) is 9.01. The number of carbonyl (C=O) groups is 1. The summed E-state index contributed by atoms with van der Waals surface area (Å²) in [6.45, 7) is 5.07. The smallest absolute Gasteiger partial charge is 0.423 e. The van der Waals surface area contributed by atoms with Crippen molar-refractivity contribution in [2.24, 2.45) is 0 Å². The average Bonchev–Trinajstić information content (AvgIpc) is 2.37. The second kappa shape index (κ2) is 7.26. The molecule has 1 aromatic rings. The number of hydrogen-bond donors (Lipinski definition) is 2. The molecule has 0 aliphatic carbocycles. The Hall–Kier alpha value is -1.40. The second-order valence-corrected chi connectivity index (χ2v) is 4.41. The zero-order chi connectivity index (χ0) is 14.4. The van der Waals surface area contributed by atoms with Gasteiger partial charge in [-0.1, -0.05) is 19.9 Å². The first kappa shape index (κ1) is 15.7. The maximum absolute atomic E-state index is 13.8. The summed E-state index contributed by atoms with van der Waals surface area (Å²) < 4.78 is 13.8. The molecule has 1 aromatic carbocycles. The molecule has 4 nitrogen and oxygen atoms in total. The molecule has 0 saturated heterocycles. The number of carbonyl (C=O) groups excluding carboxylic acids is 1. The van der Waals surface area contributed by atoms with Gasteiger partial charge in [-0.2, -0.15) is 0 Å². The molecule has 0 bridgehead atoms. The normalized spacial score (nSPS) is 10.4. The van der Waals surface area contributed by atoms with E-state index in [9.17, 15) is 9.18 Å². The largest absolute Gasteiger partial charge is 0.488 e. The predicted octanol–water partition coefficient (Wildman–Crippen LogP) is 0.768. The third-order valence-corrected chi connectivity index (χ3v) is 2.80. The molecule has 0 radical (unpaired) electrons. The summed E-state index contributed by atoms with van der Waals surface area (Å²) in [6, 6.07) is 3.62. The maximum atomic E-state index is 13.8. The summed E-state index contributed by atoms with van der Waals surface area (Å²) in [7, 11) is -1.74. The van der Waals surface area contributed by atoms with Crippen molar-refractivity contribution in [2.75, 3.05) is 13.1 Å². The number of amides is 1. The van der Waals surface area contributed by atoms with Crippen LogP contribution in [0.15, 0.2) is 18.2 Å². The zero-order valence-corrected chi connectivity index (χ0v) is 11.3. The molecule has 0 fully saturated rings. The van der Waals surface area contributed by atoms with Gasteiger partial charge < -0.3 is 14.9 Å². The Morgan fingerprint density at radius 2 is 1.84 bits per heavy atom. The highest BCUT2D eigenvalue weighted by atomic mass is 19.1. The molecular weight excluding hydrogens is 248 g/mol. The van der Waals surface area contributed by atoms with Gasteiger partial charge in [0.05, 0.1) is 5.56 Å². The Morgan fingerprint density at radius 3 is 2.26 bits per heavy atom. The highest BCUT2D eigenvalue weighted by molar-refractivity contribution is 6.58. The third kappa shape index (κ3) is 4.04. The molecule has 0 saturated carbocycles. The molecule has 0 unspecified atom stereocenters. The van der Waals surface area contributed by atoms with Crippen molar-refractivity contribution in [1.82, 2.24) is 4.90 Å². The van der Waals surface area contributed by atoms with Crippen molar-refractivity contribution >= 4 is 18.5 Å². The fourth-order valence-corrected chi connectivity index (χ4v) is 1.89. The molecule has 1 amide bonds. The molecule has 0 heterocycles. The summed E-state index contributed by atoms with van der Waals surface area (Å²) in [5.74, 6) is -1.09. The molecule has 19 heavy (non-hydrogen) atoms. The van der Waals surface area contributed by atoms with Gasteiger partial charge in [0.1, 0.15) is 5.82 Å². The lowest BCUT2D eigenvalue weighted by Crippen LogP contribution is -2.34. The molecule has 0 atom stereocenters. The average molecular weight is 267 g/mol. The van der Waals surface area contributed by atoms with E-state index in [0.717, 1.165) is 18.9 Å². The van der Waals surface area contributed by atoms with Crippen molar-refractivity contribution in [3.8, 4) is 0 Å². The first-order valence-corrected chi connectivity index (χ1v) is 6.46. The van der Waals surface area contributed by atoms with Crippen molar-refractivity contribution in [3.63, 3.8) is 0 Å². The van der Waals surface area contributed by atoms with Crippen LogP contribution in [0.5, 0.6) is 0 Å². The molecule has 104 valence electrons. The van der Waals surface area contributed by atoms with Gasteiger partial charge in [-0.25, -0.2) is 4.39 Å². The predicted molar refractivity (Wildman–Crippen MR) is 72.7 cm³/mol. The Kier molecular flexibility index (Phi) is 5.98. The van der Waals surface area contributed by atoms with Crippen LogP contribution in [0.3, 0.4) is 0 Å². The molecule has 0 aliphatic heterocycles. The van der Waals surface area contributed by atoms with E-state index in [0.29, 0.717) is 13.1 Å². The van der Waals surface area contributed by atoms with Crippen LogP contribution in [0.2, 0.25) is 0 Å². The molecular formula is C13H19BFNO3. The van der Waals surface area contributed by atoms with E-state index in [2.05, 4.69) is 0 Å². The van der Waals surface area contributed by atoms with Crippen LogP contribution < -0.4 is 5.46 Å². The Bertz CT molecular complexity index is 434.